The number of benzene rings is 2. The van der Waals surface area contributed by atoms with Crippen molar-refractivity contribution in [3.8, 4) is 5.75 Å². The van der Waals surface area contributed by atoms with Gasteiger partial charge in [0, 0.05) is 24.2 Å². The van der Waals surface area contributed by atoms with Gasteiger partial charge >= 0.3 is 6.36 Å². The van der Waals surface area contributed by atoms with E-state index in [-0.39, 0.29) is 23.4 Å². The number of hydrogen-bond donors (Lipinski definition) is 1. The molecule has 0 aliphatic carbocycles. The maximum absolute atomic E-state index is 12.8. The lowest BCUT2D eigenvalue weighted by Gasteiger charge is -2.44. The Hall–Kier alpha value is -2.05. The Morgan fingerprint density at radius 1 is 0.963 bits per heavy atom. The number of ether oxygens (including phenoxy) is 1. The van der Waals surface area contributed by atoms with Crippen LogP contribution >= 0.6 is 0 Å². The van der Waals surface area contributed by atoms with Gasteiger partial charge in [0.25, 0.3) is 0 Å². The van der Waals surface area contributed by atoms with E-state index in [2.05, 4.69) is 21.8 Å². The summed E-state index contributed by atoms with van der Waals surface area (Å²) >= 11 is 0. The molecule has 3 nitrogen and oxygen atoms in total. The van der Waals surface area contributed by atoms with Gasteiger partial charge in [0.1, 0.15) is 5.75 Å². The molecule has 0 spiro atoms. The van der Waals surface area contributed by atoms with Crippen LogP contribution in [0.2, 0.25) is 0 Å². The molecule has 2 saturated heterocycles. The first-order valence-corrected chi connectivity index (χ1v) is 9.21. The van der Waals surface area contributed by atoms with Crippen LogP contribution in [0.3, 0.4) is 0 Å². The van der Waals surface area contributed by atoms with Gasteiger partial charge in [-0.3, -0.25) is 4.90 Å². The van der Waals surface area contributed by atoms with Crippen LogP contribution in [0.25, 0.3) is 0 Å². The summed E-state index contributed by atoms with van der Waals surface area (Å²) in [6, 6.07) is 16.4. The van der Waals surface area contributed by atoms with E-state index in [1.54, 1.807) is 12.1 Å². The Balaban J connectivity index is 1.57. The monoisotopic (exact) mass is 377 g/mol. The Kier molecular flexibility index (Phi) is 4.64. The van der Waals surface area contributed by atoms with E-state index in [4.69, 9.17) is 0 Å². The Morgan fingerprint density at radius 3 is 2.19 bits per heavy atom. The molecular weight excluding hydrogens is 355 g/mol. The van der Waals surface area contributed by atoms with Gasteiger partial charge in [0.05, 0.1) is 5.60 Å². The zero-order valence-corrected chi connectivity index (χ0v) is 14.8. The van der Waals surface area contributed by atoms with Gasteiger partial charge in [0.15, 0.2) is 0 Å². The molecule has 144 valence electrons. The average molecular weight is 377 g/mol. The van der Waals surface area contributed by atoms with Crippen LogP contribution < -0.4 is 4.74 Å². The molecule has 2 fully saturated rings. The Morgan fingerprint density at radius 2 is 1.56 bits per heavy atom. The molecule has 4 rings (SSSR count). The zero-order chi connectivity index (χ0) is 19.1. The van der Waals surface area contributed by atoms with Crippen LogP contribution in [0.4, 0.5) is 13.2 Å². The minimum Gasteiger partial charge on any atom is -0.405 e. The van der Waals surface area contributed by atoms with Gasteiger partial charge in [-0.05, 0) is 37.3 Å². The maximum atomic E-state index is 12.8. The van der Waals surface area contributed by atoms with Crippen LogP contribution in [0.5, 0.6) is 5.75 Å². The van der Waals surface area contributed by atoms with Crippen molar-refractivity contribution in [3.05, 3.63) is 65.7 Å². The SMILES string of the molecule is OC1(c2ccccc2OC(F)(F)F)CC2CCC(C1)N2Cc1ccccc1. The van der Waals surface area contributed by atoms with E-state index in [0.29, 0.717) is 12.8 Å². The van der Waals surface area contributed by atoms with Crippen molar-refractivity contribution in [1.82, 2.24) is 4.90 Å². The molecule has 0 radical (unpaired) electrons. The van der Waals surface area contributed by atoms with Gasteiger partial charge < -0.3 is 9.84 Å². The van der Waals surface area contributed by atoms with Gasteiger partial charge in [-0.2, -0.15) is 0 Å². The molecule has 2 aromatic rings. The van der Waals surface area contributed by atoms with Crippen molar-refractivity contribution in [2.24, 2.45) is 0 Å². The van der Waals surface area contributed by atoms with Crippen molar-refractivity contribution in [2.45, 2.75) is 56.3 Å². The highest BCUT2D eigenvalue weighted by Crippen LogP contribution is 2.48. The molecule has 27 heavy (non-hydrogen) atoms. The molecule has 2 aromatic carbocycles. The van der Waals surface area contributed by atoms with Gasteiger partial charge in [0.2, 0.25) is 0 Å². The molecule has 2 atom stereocenters. The largest absolute Gasteiger partial charge is 0.573 e. The van der Waals surface area contributed by atoms with Crippen LogP contribution in [0, 0.1) is 0 Å². The molecule has 2 heterocycles. The first kappa shape index (κ1) is 18.3. The third kappa shape index (κ3) is 3.82. The van der Waals surface area contributed by atoms with Gasteiger partial charge in [-0.25, -0.2) is 0 Å². The number of alkyl halides is 3. The molecule has 2 aliphatic heterocycles. The van der Waals surface area contributed by atoms with Crippen molar-refractivity contribution >= 4 is 0 Å². The second-order valence-electron chi connectivity index (χ2n) is 7.53. The molecule has 2 bridgehead atoms. The third-order valence-corrected chi connectivity index (χ3v) is 5.74. The van der Waals surface area contributed by atoms with Crippen LogP contribution in [-0.4, -0.2) is 28.5 Å². The molecule has 2 aliphatic rings. The molecular formula is C21H22F3NO2. The highest BCUT2D eigenvalue weighted by Gasteiger charge is 2.49. The van der Waals surface area contributed by atoms with Crippen molar-refractivity contribution in [1.29, 1.82) is 0 Å². The number of para-hydroxylation sites is 1. The third-order valence-electron chi connectivity index (χ3n) is 5.74. The molecule has 6 heteroatoms. The summed E-state index contributed by atoms with van der Waals surface area (Å²) in [6.45, 7) is 0.799. The Labute approximate surface area is 156 Å². The number of piperidine rings is 1. The van der Waals surface area contributed by atoms with E-state index in [1.165, 1.54) is 17.7 Å². The lowest BCUT2D eigenvalue weighted by Crippen LogP contribution is -2.49. The smallest absolute Gasteiger partial charge is 0.405 e. The number of nitrogens with zero attached hydrogens (tertiary/aromatic N) is 1. The maximum Gasteiger partial charge on any atom is 0.573 e. The van der Waals surface area contributed by atoms with Crippen molar-refractivity contribution < 1.29 is 23.0 Å². The normalized spacial score (nSPS) is 28.3. The summed E-state index contributed by atoms with van der Waals surface area (Å²) < 4.78 is 42.5. The van der Waals surface area contributed by atoms with Crippen LogP contribution in [0.1, 0.15) is 36.8 Å². The zero-order valence-electron chi connectivity index (χ0n) is 14.8. The topological polar surface area (TPSA) is 32.7 Å². The summed E-state index contributed by atoms with van der Waals surface area (Å²) in [5.74, 6) is -0.302. The second-order valence-corrected chi connectivity index (χ2v) is 7.53. The van der Waals surface area contributed by atoms with Gasteiger partial charge in [-0.1, -0.05) is 48.5 Å². The second kappa shape index (κ2) is 6.84. The predicted molar refractivity (Wildman–Crippen MR) is 95.1 cm³/mol. The number of halogens is 3. The average Bonchev–Trinajstić information content (AvgIpc) is 2.86. The fourth-order valence-electron chi connectivity index (χ4n) is 4.65. The fourth-order valence-corrected chi connectivity index (χ4v) is 4.65. The number of fused-ring (bicyclic) bond motifs is 2. The van der Waals surface area contributed by atoms with E-state index in [0.717, 1.165) is 19.4 Å². The first-order valence-electron chi connectivity index (χ1n) is 9.21. The number of rotatable bonds is 4. The summed E-state index contributed by atoms with van der Waals surface area (Å²) in [6.07, 6.45) is -2.06. The van der Waals surface area contributed by atoms with E-state index in [1.807, 2.05) is 18.2 Å². The van der Waals surface area contributed by atoms with Crippen LogP contribution in [0.15, 0.2) is 54.6 Å². The lowest BCUT2D eigenvalue weighted by molar-refractivity contribution is -0.275. The first-order chi connectivity index (χ1) is 12.8. The van der Waals surface area contributed by atoms with Gasteiger partial charge in [-0.15, -0.1) is 13.2 Å². The van der Waals surface area contributed by atoms with Crippen molar-refractivity contribution in [2.75, 3.05) is 0 Å². The lowest BCUT2D eigenvalue weighted by atomic mass is 9.80. The number of aliphatic hydroxyl groups is 1. The summed E-state index contributed by atoms with van der Waals surface area (Å²) in [5.41, 5.74) is 0.139. The highest BCUT2D eigenvalue weighted by atomic mass is 19.4. The summed E-state index contributed by atoms with van der Waals surface area (Å²) in [7, 11) is 0. The molecule has 0 amide bonds. The molecule has 0 saturated carbocycles. The minimum absolute atomic E-state index is 0.146. The molecule has 1 N–H and O–H groups in total. The van der Waals surface area contributed by atoms with Crippen molar-refractivity contribution in [3.63, 3.8) is 0 Å². The van der Waals surface area contributed by atoms with E-state index >= 15 is 0 Å². The van der Waals surface area contributed by atoms with E-state index < -0.39 is 12.0 Å². The fraction of sp³-hybridized carbons (Fsp3) is 0.429. The van der Waals surface area contributed by atoms with Crippen LogP contribution in [-0.2, 0) is 12.1 Å². The van der Waals surface area contributed by atoms with E-state index in [9.17, 15) is 18.3 Å². The standard InChI is InChI=1S/C21H22F3NO2/c22-21(23,24)27-19-9-5-4-8-18(19)20(26)12-16-10-11-17(13-20)25(16)14-15-6-2-1-3-7-15/h1-9,16-17,26H,10-14H2. The molecule has 2 unspecified atom stereocenters. The molecule has 0 aromatic heterocycles. The Bertz CT molecular complexity index is 780. The minimum atomic E-state index is -4.78. The quantitative estimate of drug-likeness (QED) is 0.845. The summed E-state index contributed by atoms with van der Waals surface area (Å²) in [5, 5.41) is 11.3. The highest BCUT2D eigenvalue weighted by molar-refractivity contribution is 5.39. The number of hydrogen-bond acceptors (Lipinski definition) is 3. The summed E-state index contributed by atoms with van der Waals surface area (Å²) in [4.78, 5) is 2.39. The predicted octanol–water partition coefficient (Wildman–Crippen LogP) is 4.60.